The Hall–Kier alpha value is -2.99. The van der Waals surface area contributed by atoms with Crippen molar-refractivity contribution in [2.45, 2.75) is 32.7 Å². The van der Waals surface area contributed by atoms with Crippen LogP contribution >= 0.6 is 0 Å². The number of carbonyl (C=O) groups excluding carboxylic acids is 1. The second kappa shape index (κ2) is 6.32. The summed E-state index contributed by atoms with van der Waals surface area (Å²) in [5.74, 6) is 0.314. The first-order chi connectivity index (χ1) is 12.9. The summed E-state index contributed by atoms with van der Waals surface area (Å²) in [4.78, 5) is 12.7. The Bertz CT molecular complexity index is 962. The number of fused-ring (bicyclic) bond motifs is 2. The molecule has 0 aliphatic carbocycles. The van der Waals surface area contributed by atoms with Crippen molar-refractivity contribution in [1.82, 2.24) is 0 Å². The van der Waals surface area contributed by atoms with Crippen LogP contribution in [-0.4, -0.2) is 24.3 Å². The van der Waals surface area contributed by atoms with Gasteiger partial charge in [-0.05, 0) is 49.2 Å². The highest BCUT2D eigenvalue weighted by molar-refractivity contribution is 5.96. The molecule has 2 aromatic rings. The van der Waals surface area contributed by atoms with Crippen LogP contribution in [0.4, 0.5) is 0 Å². The van der Waals surface area contributed by atoms with Crippen molar-refractivity contribution >= 4 is 5.97 Å². The summed E-state index contributed by atoms with van der Waals surface area (Å²) in [7, 11) is 1.48. The summed E-state index contributed by atoms with van der Waals surface area (Å²) in [5.41, 5.74) is 3.26. The first kappa shape index (κ1) is 17.4. The predicted octanol–water partition coefficient (Wildman–Crippen LogP) is 4.19. The molecule has 6 heteroatoms. The Labute approximate surface area is 156 Å². The fourth-order valence-electron chi connectivity index (χ4n) is 3.40. The van der Waals surface area contributed by atoms with E-state index in [1.807, 2.05) is 19.9 Å². The number of phenolic OH excluding ortho intramolecular Hbond substituents is 1. The van der Waals surface area contributed by atoms with Crippen molar-refractivity contribution in [3.63, 3.8) is 0 Å². The molecule has 0 bridgehead atoms. The summed E-state index contributed by atoms with van der Waals surface area (Å²) in [6, 6.07) is 6.88. The molecule has 2 heterocycles. The molecule has 0 amide bonds. The highest BCUT2D eigenvalue weighted by atomic mass is 16.6. The van der Waals surface area contributed by atoms with E-state index in [0.717, 1.165) is 16.7 Å². The largest absolute Gasteiger partial charge is 0.504 e. The van der Waals surface area contributed by atoms with Gasteiger partial charge in [0.15, 0.2) is 11.5 Å². The van der Waals surface area contributed by atoms with E-state index in [0.29, 0.717) is 11.3 Å². The number of epoxide rings is 1. The Morgan fingerprint density at radius 1 is 1.33 bits per heavy atom. The van der Waals surface area contributed by atoms with E-state index in [1.165, 1.54) is 7.11 Å². The lowest BCUT2D eigenvalue weighted by atomic mass is 10.0. The predicted molar refractivity (Wildman–Crippen MR) is 97.5 cm³/mol. The summed E-state index contributed by atoms with van der Waals surface area (Å²) in [6.07, 6.45) is -0.320. The molecule has 0 saturated carbocycles. The molecule has 1 N–H and O–H groups in total. The van der Waals surface area contributed by atoms with Gasteiger partial charge in [0.2, 0.25) is 0 Å². The molecule has 2 aromatic carbocycles. The molecule has 1 saturated heterocycles. The summed E-state index contributed by atoms with van der Waals surface area (Å²) < 4.78 is 22.6. The fourth-order valence-corrected chi connectivity index (χ4v) is 3.40. The van der Waals surface area contributed by atoms with Gasteiger partial charge < -0.3 is 24.1 Å². The maximum absolute atomic E-state index is 12.7. The number of rotatable bonds is 3. The quantitative estimate of drug-likeness (QED) is 0.497. The molecule has 2 unspecified atom stereocenters. The molecule has 140 valence electrons. The summed E-state index contributed by atoms with van der Waals surface area (Å²) in [5, 5.41) is 10.3. The molecule has 2 aliphatic rings. The number of hydrogen-bond donors (Lipinski definition) is 1. The number of aryl methyl sites for hydroxylation is 1. The smallest absolute Gasteiger partial charge is 0.346 e. The van der Waals surface area contributed by atoms with Crippen LogP contribution in [0.2, 0.25) is 0 Å². The first-order valence-electron chi connectivity index (χ1n) is 8.60. The molecule has 4 rings (SSSR count). The highest BCUT2D eigenvalue weighted by Gasteiger charge is 2.44. The molecule has 27 heavy (non-hydrogen) atoms. The van der Waals surface area contributed by atoms with Gasteiger partial charge in [-0.15, -0.1) is 0 Å². The number of phenols is 1. The van der Waals surface area contributed by atoms with E-state index < -0.39 is 5.97 Å². The Morgan fingerprint density at radius 2 is 2.11 bits per heavy atom. The van der Waals surface area contributed by atoms with Gasteiger partial charge in [-0.2, -0.15) is 0 Å². The third kappa shape index (κ3) is 2.92. The lowest BCUT2D eigenvalue weighted by Crippen LogP contribution is -2.14. The number of aromatic hydroxyl groups is 1. The number of cyclic esters (lactones) is 1. The van der Waals surface area contributed by atoms with Crippen LogP contribution in [0.25, 0.3) is 0 Å². The normalized spacial score (nSPS) is 20.3. The number of methoxy groups -OCH3 is 1. The third-order valence-electron chi connectivity index (χ3n) is 4.70. The number of benzene rings is 2. The van der Waals surface area contributed by atoms with Crippen LogP contribution in [-0.2, 0) is 16.1 Å². The second-order valence-electron chi connectivity index (χ2n) is 6.84. The lowest BCUT2D eigenvalue weighted by Gasteiger charge is -2.21. The minimum atomic E-state index is -0.553. The maximum atomic E-state index is 12.7. The Morgan fingerprint density at radius 3 is 2.78 bits per heavy atom. The average molecular weight is 368 g/mol. The topological polar surface area (TPSA) is 77.5 Å². The second-order valence-corrected chi connectivity index (χ2v) is 6.84. The van der Waals surface area contributed by atoms with Crippen molar-refractivity contribution in [2.75, 3.05) is 7.11 Å². The van der Waals surface area contributed by atoms with Gasteiger partial charge in [-0.25, -0.2) is 4.79 Å². The average Bonchev–Trinajstić information content (AvgIpc) is 3.41. The van der Waals surface area contributed by atoms with Gasteiger partial charge >= 0.3 is 5.97 Å². The minimum absolute atomic E-state index is 0.00938. The number of carbonyl (C=O) groups is 1. The fraction of sp³-hybridized carbons (Fsp3) is 0.286. The lowest BCUT2D eigenvalue weighted by molar-refractivity contribution is 0.0454. The number of esters is 1. The highest BCUT2D eigenvalue weighted by Crippen LogP contribution is 2.50. The van der Waals surface area contributed by atoms with E-state index >= 15 is 0 Å². The molecule has 0 aromatic heterocycles. The molecule has 2 aliphatic heterocycles. The van der Waals surface area contributed by atoms with Crippen molar-refractivity contribution < 1.29 is 28.8 Å². The van der Waals surface area contributed by atoms with Crippen molar-refractivity contribution in [2.24, 2.45) is 0 Å². The van der Waals surface area contributed by atoms with Crippen LogP contribution in [0, 0.1) is 6.92 Å². The van der Waals surface area contributed by atoms with E-state index in [2.05, 4.69) is 6.58 Å². The number of ether oxygens (including phenoxy) is 4. The van der Waals surface area contributed by atoms with Crippen LogP contribution in [0.3, 0.4) is 0 Å². The first-order valence-corrected chi connectivity index (χ1v) is 8.60. The van der Waals surface area contributed by atoms with Crippen molar-refractivity contribution in [3.05, 3.63) is 58.7 Å². The molecule has 6 nitrogen and oxygen atoms in total. The van der Waals surface area contributed by atoms with Crippen LogP contribution in [0.15, 0.2) is 36.4 Å². The molecule has 0 spiro atoms. The zero-order valence-corrected chi connectivity index (χ0v) is 15.4. The monoisotopic (exact) mass is 368 g/mol. The van der Waals surface area contributed by atoms with Gasteiger partial charge in [-0.1, -0.05) is 6.58 Å². The van der Waals surface area contributed by atoms with E-state index in [-0.39, 0.29) is 41.6 Å². The van der Waals surface area contributed by atoms with Gasteiger partial charge in [0.1, 0.15) is 35.9 Å². The zero-order valence-electron chi connectivity index (χ0n) is 15.4. The van der Waals surface area contributed by atoms with Crippen LogP contribution in [0.1, 0.15) is 40.1 Å². The van der Waals surface area contributed by atoms with Crippen LogP contribution < -0.4 is 9.47 Å². The van der Waals surface area contributed by atoms with E-state index in [4.69, 9.17) is 18.9 Å². The zero-order chi connectivity index (χ0) is 19.3. The third-order valence-corrected chi connectivity index (χ3v) is 4.70. The SMILES string of the molecule is C=C(C)C1OC1c1ccc2c(c1OC)C(=O)OCc1cc(C)cc(O)c1O2. The number of hydrogen-bond acceptors (Lipinski definition) is 6. The van der Waals surface area contributed by atoms with Crippen molar-refractivity contribution in [3.8, 4) is 23.0 Å². The molecule has 0 radical (unpaired) electrons. The maximum Gasteiger partial charge on any atom is 0.346 e. The van der Waals surface area contributed by atoms with Gasteiger partial charge in [-0.3, -0.25) is 0 Å². The molecular weight excluding hydrogens is 348 g/mol. The molecule has 1 fully saturated rings. The van der Waals surface area contributed by atoms with Gasteiger partial charge in [0, 0.05) is 11.1 Å². The summed E-state index contributed by atoms with van der Waals surface area (Å²) >= 11 is 0. The Kier molecular flexibility index (Phi) is 4.08. The standard InChI is InChI=1S/C21H20O6/c1-10(2)17-20(27-17)13-5-6-15-16(19(13)24-4)21(23)25-9-12-7-11(3)8-14(22)18(12)26-15/h5-8,17,20,22H,1,9H2,2-4H3. The van der Waals surface area contributed by atoms with E-state index in [9.17, 15) is 9.90 Å². The molecular formula is C21H20O6. The summed E-state index contributed by atoms with van der Waals surface area (Å²) in [6.45, 7) is 7.64. The van der Waals surface area contributed by atoms with Gasteiger partial charge in [0.25, 0.3) is 0 Å². The molecule has 2 atom stereocenters. The van der Waals surface area contributed by atoms with Crippen molar-refractivity contribution in [1.29, 1.82) is 0 Å². The van der Waals surface area contributed by atoms with Gasteiger partial charge in [0.05, 0.1) is 7.11 Å². The minimum Gasteiger partial charge on any atom is -0.504 e. The van der Waals surface area contributed by atoms with E-state index in [1.54, 1.807) is 18.2 Å². The Balaban J connectivity index is 1.83. The van der Waals surface area contributed by atoms with Crippen LogP contribution in [0.5, 0.6) is 23.0 Å².